The lowest BCUT2D eigenvalue weighted by atomic mass is 10.2. The van der Waals surface area contributed by atoms with Crippen molar-refractivity contribution in [2.24, 2.45) is 14.1 Å². The minimum Gasteiger partial charge on any atom is -0.379 e. The maximum atomic E-state index is 12.2. The van der Waals surface area contributed by atoms with Gasteiger partial charge in [0.25, 0.3) is 5.56 Å². The first-order chi connectivity index (χ1) is 11.3. The minimum atomic E-state index is -3.98. The molecular weight excluding hydrogens is 338 g/mol. The number of hydrogen-bond donors (Lipinski definition) is 1. The van der Waals surface area contributed by atoms with Crippen LogP contribution in [0.3, 0.4) is 0 Å². The van der Waals surface area contributed by atoms with Crippen molar-refractivity contribution in [1.82, 2.24) is 13.9 Å². The van der Waals surface area contributed by atoms with Crippen LogP contribution in [-0.2, 0) is 33.6 Å². The van der Waals surface area contributed by atoms with Crippen LogP contribution in [0.1, 0.15) is 19.3 Å². The van der Waals surface area contributed by atoms with Crippen LogP contribution in [0, 0.1) is 0 Å². The fourth-order valence-corrected chi connectivity index (χ4v) is 3.64. The Kier molecular flexibility index (Phi) is 6.33. The fourth-order valence-electron chi connectivity index (χ4n) is 2.41. The molecule has 1 aromatic heterocycles. The van der Waals surface area contributed by atoms with E-state index in [2.05, 4.69) is 4.72 Å². The van der Waals surface area contributed by atoms with E-state index in [0.29, 0.717) is 19.6 Å². The molecule has 9 nitrogen and oxygen atoms in total. The van der Waals surface area contributed by atoms with E-state index in [1.807, 2.05) is 0 Å². The van der Waals surface area contributed by atoms with Crippen molar-refractivity contribution in [1.29, 1.82) is 0 Å². The number of aromatic nitrogens is 2. The average Bonchev–Trinajstić information content (AvgIpc) is 3.05. The van der Waals surface area contributed by atoms with Crippen molar-refractivity contribution in [3.63, 3.8) is 0 Å². The second-order valence-electron chi connectivity index (χ2n) is 5.71. The number of nitrogens with one attached hydrogen (secondary N) is 1. The Hall–Kier alpha value is -1.49. The van der Waals surface area contributed by atoms with Crippen LogP contribution < -0.4 is 16.0 Å². The standard InChI is InChI=1S/C14H23N3O6S/c1-16-9-12(13(18)17(2)14(16)19)24(20,21)15-6-4-7-22-10-11-5-3-8-23-11/h9,11,15H,3-8,10H2,1-2H3/t11-/m1/s1. The SMILES string of the molecule is Cn1cc(S(=O)(=O)NCCCOC[C@H]2CCCO2)c(=O)n(C)c1=O. The van der Waals surface area contributed by atoms with Gasteiger partial charge in [0, 0.05) is 40.1 Å². The molecule has 0 amide bonds. The summed E-state index contributed by atoms with van der Waals surface area (Å²) in [6, 6.07) is 0. The summed E-state index contributed by atoms with van der Waals surface area (Å²) < 4.78 is 39.5. The molecule has 0 bridgehead atoms. The molecule has 0 spiro atoms. The monoisotopic (exact) mass is 361 g/mol. The first-order valence-electron chi connectivity index (χ1n) is 7.78. The third kappa shape index (κ3) is 4.53. The highest BCUT2D eigenvalue weighted by molar-refractivity contribution is 7.89. The van der Waals surface area contributed by atoms with E-state index >= 15 is 0 Å². The van der Waals surface area contributed by atoms with Gasteiger partial charge in [-0.2, -0.15) is 0 Å². The van der Waals surface area contributed by atoms with Gasteiger partial charge in [-0.05, 0) is 19.3 Å². The molecule has 0 unspecified atom stereocenters. The molecule has 1 N–H and O–H groups in total. The van der Waals surface area contributed by atoms with E-state index in [0.717, 1.165) is 34.8 Å². The molecule has 0 radical (unpaired) electrons. The predicted molar refractivity (Wildman–Crippen MR) is 86.5 cm³/mol. The van der Waals surface area contributed by atoms with Gasteiger partial charge in [0.15, 0.2) is 4.90 Å². The minimum absolute atomic E-state index is 0.135. The molecule has 1 saturated heterocycles. The van der Waals surface area contributed by atoms with E-state index in [4.69, 9.17) is 9.47 Å². The summed E-state index contributed by atoms with van der Waals surface area (Å²) in [5, 5.41) is 0. The fraction of sp³-hybridized carbons (Fsp3) is 0.714. The maximum Gasteiger partial charge on any atom is 0.330 e. The Morgan fingerprint density at radius 3 is 2.79 bits per heavy atom. The number of aryl methyl sites for hydroxylation is 1. The second kappa shape index (κ2) is 8.06. The lowest BCUT2D eigenvalue weighted by Gasteiger charge is -2.11. The molecule has 2 heterocycles. The first kappa shape index (κ1) is 18.8. The summed E-state index contributed by atoms with van der Waals surface area (Å²) in [6.07, 6.45) is 3.67. The van der Waals surface area contributed by atoms with Gasteiger partial charge in [-0.25, -0.2) is 17.9 Å². The van der Waals surface area contributed by atoms with Gasteiger partial charge < -0.3 is 14.0 Å². The molecule has 1 atom stereocenters. The average molecular weight is 361 g/mol. The van der Waals surface area contributed by atoms with Gasteiger partial charge in [-0.3, -0.25) is 9.36 Å². The molecule has 136 valence electrons. The summed E-state index contributed by atoms with van der Waals surface area (Å²) in [6.45, 7) is 1.81. The predicted octanol–water partition coefficient (Wildman–Crippen LogP) is -1.05. The number of sulfonamides is 1. The highest BCUT2D eigenvalue weighted by atomic mass is 32.2. The number of ether oxygens (including phenoxy) is 2. The smallest absolute Gasteiger partial charge is 0.330 e. The van der Waals surface area contributed by atoms with Gasteiger partial charge in [0.2, 0.25) is 10.0 Å². The van der Waals surface area contributed by atoms with E-state index < -0.39 is 26.2 Å². The molecule has 1 aromatic rings. The first-order valence-corrected chi connectivity index (χ1v) is 9.27. The van der Waals surface area contributed by atoms with Gasteiger partial charge in [-0.1, -0.05) is 0 Å². The second-order valence-corrected chi connectivity index (χ2v) is 7.45. The summed E-state index contributed by atoms with van der Waals surface area (Å²) >= 11 is 0. The van der Waals surface area contributed by atoms with Gasteiger partial charge >= 0.3 is 5.69 Å². The third-order valence-electron chi connectivity index (χ3n) is 3.79. The van der Waals surface area contributed by atoms with Gasteiger partial charge in [0.1, 0.15) is 0 Å². The van der Waals surface area contributed by atoms with Gasteiger partial charge in [-0.15, -0.1) is 0 Å². The highest BCUT2D eigenvalue weighted by Crippen LogP contribution is 2.11. The molecule has 1 aliphatic heterocycles. The van der Waals surface area contributed by atoms with Crippen LogP contribution in [0.4, 0.5) is 0 Å². The normalized spacial score (nSPS) is 18.2. The molecule has 10 heteroatoms. The zero-order valence-electron chi connectivity index (χ0n) is 13.9. The van der Waals surface area contributed by atoms with Crippen molar-refractivity contribution in [3.8, 4) is 0 Å². The van der Waals surface area contributed by atoms with Crippen LogP contribution in [0.2, 0.25) is 0 Å². The molecule has 0 saturated carbocycles. The Bertz CT molecular complexity index is 777. The lowest BCUT2D eigenvalue weighted by molar-refractivity contribution is 0.0169. The number of nitrogens with zero attached hydrogens (tertiary/aromatic N) is 2. The van der Waals surface area contributed by atoms with E-state index in [1.54, 1.807) is 0 Å². The van der Waals surface area contributed by atoms with Crippen molar-refractivity contribution in [2.75, 3.05) is 26.4 Å². The summed E-state index contributed by atoms with van der Waals surface area (Å²) in [7, 11) is -1.35. The van der Waals surface area contributed by atoms with E-state index in [9.17, 15) is 18.0 Å². The van der Waals surface area contributed by atoms with E-state index in [-0.39, 0.29) is 12.6 Å². The van der Waals surface area contributed by atoms with Crippen LogP contribution in [-0.4, -0.2) is 50.0 Å². The lowest BCUT2D eigenvalue weighted by Crippen LogP contribution is -2.41. The van der Waals surface area contributed by atoms with Crippen molar-refractivity contribution in [2.45, 2.75) is 30.3 Å². The van der Waals surface area contributed by atoms with Crippen LogP contribution in [0.25, 0.3) is 0 Å². The van der Waals surface area contributed by atoms with Crippen molar-refractivity contribution in [3.05, 3.63) is 27.0 Å². The van der Waals surface area contributed by atoms with Crippen molar-refractivity contribution >= 4 is 10.0 Å². The van der Waals surface area contributed by atoms with Crippen LogP contribution in [0.15, 0.2) is 20.7 Å². The Morgan fingerprint density at radius 1 is 1.38 bits per heavy atom. The highest BCUT2D eigenvalue weighted by Gasteiger charge is 2.21. The Balaban J connectivity index is 1.85. The third-order valence-corrected chi connectivity index (χ3v) is 5.23. The molecule has 0 aliphatic carbocycles. The summed E-state index contributed by atoms with van der Waals surface area (Å²) in [4.78, 5) is 23.1. The van der Waals surface area contributed by atoms with Gasteiger partial charge in [0.05, 0.1) is 12.7 Å². The molecule has 1 aliphatic rings. The Morgan fingerprint density at radius 2 is 2.12 bits per heavy atom. The van der Waals surface area contributed by atoms with E-state index in [1.165, 1.54) is 14.1 Å². The Labute approximate surface area is 140 Å². The van der Waals surface area contributed by atoms with Crippen molar-refractivity contribution < 1.29 is 17.9 Å². The zero-order valence-corrected chi connectivity index (χ0v) is 14.7. The number of hydrogen-bond acceptors (Lipinski definition) is 6. The van der Waals surface area contributed by atoms with Crippen LogP contribution >= 0.6 is 0 Å². The molecular formula is C14H23N3O6S. The topological polar surface area (TPSA) is 109 Å². The molecule has 0 aromatic carbocycles. The molecule has 2 rings (SSSR count). The largest absolute Gasteiger partial charge is 0.379 e. The number of rotatable bonds is 8. The zero-order chi connectivity index (χ0) is 17.7. The maximum absolute atomic E-state index is 12.2. The summed E-state index contributed by atoms with van der Waals surface area (Å²) in [5.41, 5.74) is -1.43. The summed E-state index contributed by atoms with van der Waals surface area (Å²) in [5.74, 6) is 0. The molecule has 24 heavy (non-hydrogen) atoms. The van der Waals surface area contributed by atoms with Crippen LogP contribution in [0.5, 0.6) is 0 Å². The quantitative estimate of drug-likeness (QED) is 0.592. The molecule has 1 fully saturated rings.